The maximum Gasteiger partial charge on any atom is 0.416 e. The summed E-state index contributed by atoms with van der Waals surface area (Å²) < 4.78 is 77.4. The quantitative estimate of drug-likeness (QED) is 0.663. The molecule has 1 aliphatic rings. The average molecular weight is 487 g/mol. The van der Waals surface area contributed by atoms with Gasteiger partial charge in [0, 0.05) is 18.7 Å². The highest BCUT2D eigenvalue weighted by Gasteiger charge is 2.33. The molecule has 1 N–H and O–H groups in total. The molecule has 180 valence electrons. The fraction of sp³-hybridized carbons (Fsp3) is 0.409. The van der Waals surface area contributed by atoms with Gasteiger partial charge in [-0.15, -0.1) is 0 Å². The van der Waals surface area contributed by atoms with Crippen LogP contribution in [0, 0.1) is 0 Å². The van der Waals surface area contributed by atoms with Crippen LogP contribution < -0.4 is 10.1 Å². The third-order valence-corrected chi connectivity index (χ3v) is 6.84. The second-order valence-corrected chi connectivity index (χ2v) is 9.64. The lowest BCUT2D eigenvalue weighted by molar-refractivity contribution is -0.137. The molecular weight excluding hydrogens is 461 g/mol. The molecule has 1 heterocycles. The van der Waals surface area contributed by atoms with E-state index in [-0.39, 0.29) is 53.8 Å². The molecule has 0 radical (unpaired) electrons. The van der Waals surface area contributed by atoms with Gasteiger partial charge in [-0.25, -0.2) is 8.42 Å². The summed E-state index contributed by atoms with van der Waals surface area (Å²) in [6, 6.07) is 8.01. The molecule has 1 amide bonds. The second kappa shape index (κ2) is 9.70. The zero-order valence-corrected chi connectivity index (χ0v) is 19.2. The van der Waals surface area contributed by atoms with Gasteiger partial charge in [0.2, 0.25) is 10.0 Å². The molecule has 0 bridgehead atoms. The molecule has 0 aliphatic carbocycles. The Morgan fingerprint density at radius 2 is 1.73 bits per heavy atom. The molecule has 7 nitrogen and oxygen atoms in total. The fourth-order valence-electron chi connectivity index (χ4n) is 3.53. The van der Waals surface area contributed by atoms with Crippen LogP contribution in [-0.2, 0) is 20.9 Å². The van der Waals surface area contributed by atoms with Crippen LogP contribution in [-0.4, -0.2) is 50.5 Å². The first-order valence-electron chi connectivity index (χ1n) is 10.3. The molecule has 2 unspecified atom stereocenters. The Balaban J connectivity index is 1.81. The highest BCUT2D eigenvalue weighted by molar-refractivity contribution is 7.89. The van der Waals surface area contributed by atoms with E-state index in [4.69, 9.17) is 9.47 Å². The van der Waals surface area contributed by atoms with Gasteiger partial charge in [-0.05, 0) is 63.2 Å². The summed E-state index contributed by atoms with van der Waals surface area (Å²) in [5.41, 5.74) is -0.987. The molecule has 0 spiro atoms. The number of nitrogens with one attached hydrogen (secondary N) is 1. The number of hydrogen-bond donors (Lipinski definition) is 1. The summed E-state index contributed by atoms with van der Waals surface area (Å²) >= 11 is 0. The molecule has 0 aromatic heterocycles. The van der Waals surface area contributed by atoms with E-state index in [2.05, 4.69) is 5.32 Å². The topological polar surface area (TPSA) is 84.9 Å². The van der Waals surface area contributed by atoms with E-state index >= 15 is 0 Å². The van der Waals surface area contributed by atoms with E-state index in [1.165, 1.54) is 28.6 Å². The predicted molar refractivity (Wildman–Crippen MR) is 116 cm³/mol. The summed E-state index contributed by atoms with van der Waals surface area (Å²) in [5.74, 6) is -0.610. The van der Waals surface area contributed by atoms with Crippen molar-refractivity contribution in [2.24, 2.45) is 0 Å². The number of sulfonamides is 1. The van der Waals surface area contributed by atoms with Crippen molar-refractivity contribution in [2.75, 3.05) is 25.0 Å². The van der Waals surface area contributed by atoms with Crippen LogP contribution in [0.15, 0.2) is 47.4 Å². The van der Waals surface area contributed by atoms with Crippen molar-refractivity contribution < 1.29 is 35.9 Å². The van der Waals surface area contributed by atoms with E-state index in [1.807, 2.05) is 0 Å². The number of rotatable bonds is 6. The van der Waals surface area contributed by atoms with E-state index < -0.39 is 27.7 Å². The molecule has 2 atom stereocenters. The first-order chi connectivity index (χ1) is 15.4. The zero-order chi connectivity index (χ0) is 24.4. The Morgan fingerprint density at radius 1 is 1.12 bits per heavy atom. The first-order valence-corrected chi connectivity index (χ1v) is 11.8. The maximum absolute atomic E-state index is 13.1. The first kappa shape index (κ1) is 25.0. The van der Waals surface area contributed by atoms with Crippen LogP contribution in [0.5, 0.6) is 5.75 Å². The Kier molecular flexibility index (Phi) is 7.35. The SMILES string of the molecule is CCOc1ccc(C(F)(F)F)cc1NC(=O)c1ccc(S(=O)(=O)N2CC(C)OC(C)C2)cc1. The Labute approximate surface area is 190 Å². The number of carbonyl (C=O) groups is 1. The van der Waals surface area contributed by atoms with Crippen LogP contribution in [0.25, 0.3) is 0 Å². The standard InChI is InChI=1S/C22H25F3N2O5S/c1-4-31-20-10-7-17(22(23,24)25)11-19(20)26-21(28)16-5-8-18(9-6-16)33(29,30)27-12-14(2)32-15(3)13-27/h5-11,14-15H,4,12-13H2,1-3H3,(H,26,28). The third kappa shape index (κ3) is 5.84. The molecule has 1 saturated heterocycles. The highest BCUT2D eigenvalue weighted by Crippen LogP contribution is 2.35. The number of nitrogens with zero attached hydrogens (tertiary/aromatic N) is 1. The van der Waals surface area contributed by atoms with Crippen LogP contribution in [0.4, 0.5) is 18.9 Å². The number of alkyl halides is 3. The van der Waals surface area contributed by atoms with Gasteiger partial charge in [-0.3, -0.25) is 4.79 Å². The van der Waals surface area contributed by atoms with E-state index in [0.29, 0.717) is 0 Å². The van der Waals surface area contributed by atoms with Gasteiger partial charge in [-0.2, -0.15) is 17.5 Å². The normalized spacial score (nSPS) is 19.8. The number of carbonyl (C=O) groups excluding carboxylic acids is 1. The largest absolute Gasteiger partial charge is 0.492 e. The molecule has 11 heteroatoms. The van der Waals surface area contributed by atoms with Crippen molar-refractivity contribution in [2.45, 2.75) is 44.1 Å². The minimum absolute atomic E-state index is 0.00873. The Bertz CT molecular complexity index is 1090. The molecular formula is C22H25F3N2O5S. The van der Waals surface area contributed by atoms with Crippen LogP contribution in [0.3, 0.4) is 0 Å². The van der Waals surface area contributed by atoms with Crippen LogP contribution in [0.1, 0.15) is 36.7 Å². The highest BCUT2D eigenvalue weighted by atomic mass is 32.2. The molecule has 3 rings (SSSR count). The lowest BCUT2D eigenvalue weighted by Crippen LogP contribution is -2.48. The Hall–Kier alpha value is -2.63. The van der Waals surface area contributed by atoms with Crippen LogP contribution >= 0.6 is 0 Å². The maximum atomic E-state index is 13.1. The number of anilines is 1. The van der Waals surface area contributed by atoms with Gasteiger partial charge in [-0.1, -0.05) is 0 Å². The molecule has 1 aliphatic heterocycles. The number of morpholine rings is 1. The van der Waals surface area contributed by atoms with Crippen molar-refractivity contribution in [1.82, 2.24) is 4.31 Å². The van der Waals surface area contributed by atoms with Crippen molar-refractivity contribution in [1.29, 1.82) is 0 Å². The number of benzene rings is 2. The number of amides is 1. The van der Waals surface area contributed by atoms with E-state index in [0.717, 1.165) is 18.2 Å². The number of halogens is 3. The molecule has 1 fully saturated rings. The minimum Gasteiger partial charge on any atom is -0.492 e. The number of hydrogen-bond acceptors (Lipinski definition) is 5. The third-order valence-electron chi connectivity index (χ3n) is 5.00. The monoisotopic (exact) mass is 486 g/mol. The molecule has 33 heavy (non-hydrogen) atoms. The van der Waals surface area contributed by atoms with Gasteiger partial charge in [0.25, 0.3) is 5.91 Å². The molecule has 2 aromatic rings. The Morgan fingerprint density at radius 3 is 2.27 bits per heavy atom. The van der Waals surface area contributed by atoms with Gasteiger partial charge in [0.15, 0.2) is 0 Å². The summed E-state index contributed by atoms with van der Waals surface area (Å²) in [6.07, 6.45) is -5.09. The van der Waals surface area contributed by atoms with Crippen LogP contribution in [0.2, 0.25) is 0 Å². The van der Waals surface area contributed by atoms with Crippen molar-refractivity contribution in [3.05, 3.63) is 53.6 Å². The van der Waals surface area contributed by atoms with Gasteiger partial charge < -0.3 is 14.8 Å². The van der Waals surface area contributed by atoms with E-state index in [9.17, 15) is 26.4 Å². The number of ether oxygens (including phenoxy) is 2. The van der Waals surface area contributed by atoms with Gasteiger partial charge in [0.1, 0.15) is 5.75 Å². The molecule has 0 saturated carbocycles. The summed E-state index contributed by atoms with van der Waals surface area (Å²) in [6.45, 7) is 5.86. The lowest BCUT2D eigenvalue weighted by atomic mass is 10.1. The van der Waals surface area contributed by atoms with Gasteiger partial charge >= 0.3 is 6.18 Å². The smallest absolute Gasteiger partial charge is 0.416 e. The van der Waals surface area contributed by atoms with Gasteiger partial charge in [0.05, 0.1) is 35.0 Å². The summed E-state index contributed by atoms with van der Waals surface area (Å²) in [7, 11) is -3.79. The van der Waals surface area contributed by atoms with Crippen molar-refractivity contribution in [3.8, 4) is 5.75 Å². The lowest BCUT2D eigenvalue weighted by Gasteiger charge is -2.34. The summed E-state index contributed by atoms with van der Waals surface area (Å²) in [5, 5.41) is 2.42. The second-order valence-electron chi connectivity index (χ2n) is 7.70. The van der Waals surface area contributed by atoms with E-state index in [1.54, 1.807) is 20.8 Å². The fourth-order valence-corrected chi connectivity index (χ4v) is 5.12. The average Bonchev–Trinajstić information content (AvgIpc) is 2.73. The predicted octanol–water partition coefficient (Wildman–Crippen LogP) is 4.15. The van der Waals surface area contributed by atoms with Crippen molar-refractivity contribution >= 4 is 21.6 Å². The molecule has 2 aromatic carbocycles. The van der Waals surface area contributed by atoms with Crippen molar-refractivity contribution in [3.63, 3.8) is 0 Å². The zero-order valence-electron chi connectivity index (χ0n) is 18.3. The summed E-state index contributed by atoms with van der Waals surface area (Å²) in [4.78, 5) is 12.7. The minimum atomic E-state index is -4.59.